The second-order valence-electron chi connectivity index (χ2n) is 4.80. The fourth-order valence-electron chi connectivity index (χ4n) is 2.19. The molecule has 0 spiro atoms. The van der Waals surface area contributed by atoms with Gasteiger partial charge in [-0.1, -0.05) is 6.42 Å². The maximum Gasteiger partial charge on any atom is 0.256 e. The number of phenolic OH excluding ortho intramolecular Hbond substituents is 1. The molecule has 0 heterocycles. The number of phenols is 1. The first-order chi connectivity index (χ1) is 8.61. The van der Waals surface area contributed by atoms with E-state index in [1.807, 2.05) is 6.92 Å². The van der Waals surface area contributed by atoms with E-state index in [1.165, 1.54) is 18.6 Å². The van der Waals surface area contributed by atoms with E-state index < -0.39 is 5.82 Å². The molecule has 18 heavy (non-hydrogen) atoms. The van der Waals surface area contributed by atoms with Gasteiger partial charge in [0.05, 0.1) is 5.56 Å². The summed E-state index contributed by atoms with van der Waals surface area (Å²) in [5.74, 6) is -0.547. The Balaban J connectivity index is 2.11. The number of aromatic hydroxyl groups is 1. The van der Waals surface area contributed by atoms with E-state index in [1.54, 1.807) is 4.90 Å². The average molecular weight is 251 g/mol. The first-order valence-electron chi connectivity index (χ1n) is 6.39. The molecule has 4 heteroatoms. The van der Waals surface area contributed by atoms with Gasteiger partial charge in [-0.25, -0.2) is 4.39 Å². The third-order valence-electron chi connectivity index (χ3n) is 3.56. The van der Waals surface area contributed by atoms with Crippen LogP contribution in [-0.2, 0) is 0 Å². The number of nitrogens with zero attached hydrogens (tertiary/aromatic N) is 1. The molecule has 0 atom stereocenters. The molecular weight excluding hydrogens is 233 g/mol. The van der Waals surface area contributed by atoms with Crippen molar-refractivity contribution in [3.8, 4) is 5.75 Å². The molecule has 1 fully saturated rings. The molecule has 98 valence electrons. The first kappa shape index (κ1) is 12.9. The molecule has 0 radical (unpaired) electrons. The minimum Gasteiger partial charge on any atom is -0.508 e. The lowest BCUT2D eigenvalue weighted by atomic mass is 9.85. The van der Waals surface area contributed by atoms with Gasteiger partial charge in [-0.05, 0) is 37.8 Å². The Morgan fingerprint density at radius 3 is 2.72 bits per heavy atom. The molecule has 0 unspecified atom stereocenters. The van der Waals surface area contributed by atoms with Crippen molar-refractivity contribution in [2.45, 2.75) is 26.2 Å². The highest BCUT2D eigenvalue weighted by molar-refractivity contribution is 5.94. The standard InChI is InChI=1S/C14H18FNO2/c1-2-16(9-10-4-3-5-10)14(18)12-7-6-11(17)8-13(12)15/h6-8,10,17H,2-5,9H2,1H3. The van der Waals surface area contributed by atoms with Crippen molar-refractivity contribution in [3.63, 3.8) is 0 Å². The summed E-state index contributed by atoms with van der Waals surface area (Å²) < 4.78 is 13.6. The van der Waals surface area contributed by atoms with Crippen LogP contribution in [0.4, 0.5) is 4.39 Å². The quantitative estimate of drug-likeness (QED) is 0.894. The van der Waals surface area contributed by atoms with Gasteiger partial charge in [0.25, 0.3) is 5.91 Å². The van der Waals surface area contributed by atoms with Gasteiger partial charge in [0, 0.05) is 19.2 Å². The third-order valence-corrected chi connectivity index (χ3v) is 3.56. The monoisotopic (exact) mass is 251 g/mol. The normalized spacial score (nSPS) is 15.2. The lowest BCUT2D eigenvalue weighted by molar-refractivity contribution is 0.0702. The second kappa shape index (κ2) is 5.38. The molecule has 0 bridgehead atoms. The van der Waals surface area contributed by atoms with Gasteiger partial charge in [-0.3, -0.25) is 4.79 Å². The molecule has 1 saturated carbocycles. The molecule has 1 aliphatic rings. The van der Waals surface area contributed by atoms with Gasteiger partial charge in [-0.15, -0.1) is 0 Å². The van der Waals surface area contributed by atoms with E-state index in [-0.39, 0.29) is 17.2 Å². The highest BCUT2D eigenvalue weighted by Gasteiger charge is 2.24. The fourth-order valence-corrected chi connectivity index (χ4v) is 2.19. The molecule has 1 aliphatic carbocycles. The summed E-state index contributed by atoms with van der Waals surface area (Å²) in [6, 6.07) is 3.66. The van der Waals surface area contributed by atoms with Gasteiger partial charge in [0.15, 0.2) is 0 Å². The van der Waals surface area contributed by atoms with Crippen LogP contribution < -0.4 is 0 Å². The summed E-state index contributed by atoms with van der Waals surface area (Å²) in [4.78, 5) is 13.9. The summed E-state index contributed by atoms with van der Waals surface area (Å²) in [6.45, 7) is 3.18. The second-order valence-corrected chi connectivity index (χ2v) is 4.80. The number of benzene rings is 1. The van der Waals surface area contributed by atoms with Gasteiger partial charge >= 0.3 is 0 Å². The number of carbonyl (C=O) groups excluding carboxylic acids is 1. The average Bonchev–Trinajstić information content (AvgIpc) is 2.27. The summed E-state index contributed by atoms with van der Waals surface area (Å²) in [6.07, 6.45) is 3.54. The van der Waals surface area contributed by atoms with Crippen molar-refractivity contribution in [3.05, 3.63) is 29.6 Å². The molecule has 1 N–H and O–H groups in total. The fraction of sp³-hybridized carbons (Fsp3) is 0.500. The molecule has 2 rings (SSSR count). The van der Waals surface area contributed by atoms with Gasteiger partial charge in [-0.2, -0.15) is 0 Å². The van der Waals surface area contributed by atoms with Crippen LogP contribution in [0.25, 0.3) is 0 Å². The molecule has 3 nitrogen and oxygen atoms in total. The molecule has 1 aromatic rings. The van der Waals surface area contributed by atoms with E-state index in [0.717, 1.165) is 18.9 Å². The molecule has 1 aromatic carbocycles. The summed E-state index contributed by atoms with van der Waals surface area (Å²) in [5.41, 5.74) is 0.0361. The Morgan fingerprint density at radius 2 is 2.22 bits per heavy atom. The van der Waals surface area contributed by atoms with Gasteiger partial charge < -0.3 is 10.0 Å². The Labute approximate surface area is 106 Å². The van der Waals surface area contributed by atoms with Gasteiger partial charge in [0.1, 0.15) is 11.6 Å². The minimum atomic E-state index is -0.660. The maximum atomic E-state index is 13.6. The van der Waals surface area contributed by atoms with Crippen LogP contribution in [0.2, 0.25) is 0 Å². The zero-order chi connectivity index (χ0) is 13.1. The number of hydrogen-bond donors (Lipinski definition) is 1. The summed E-state index contributed by atoms with van der Waals surface area (Å²) >= 11 is 0. The van der Waals surface area contributed by atoms with Crippen LogP contribution in [0.1, 0.15) is 36.5 Å². The lowest BCUT2D eigenvalue weighted by Crippen LogP contribution is -2.37. The van der Waals surface area contributed by atoms with E-state index in [9.17, 15) is 9.18 Å². The van der Waals surface area contributed by atoms with Crippen LogP contribution in [0, 0.1) is 11.7 Å². The summed E-state index contributed by atoms with van der Waals surface area (Å²) in [5, 5.41) is 9.14. The lowest BCUT2D eigenvalue weighted by Gasteiger charge is -2.31. The number of halogens is 1. The molecule has 1 amide bonds. The third kappa shape index (κ3) is 2.63. The Kier molecular flexibility index (Phi) is 3.84. The number of hydrogen-bond acceptors (Lipinski definition) is 2. The van der Waals surface area contributed by atoms with Crippen molar-refractivity contribution in [1.82, 2.24) is 4.90 Å². The van der Waals surface area contributed by atoms with Crippen molar-refractivity contribution >= 4 is 5.91 Å². The van der Waals surface area contributed by atoms with Crippen LogP contribution in [0.3, 0.4) is 0 Å². The van der Waals surface area contributed by atoms with Crippen LogP contribution in [-0.4, -0.2) is 29.0 Å². The van der Waals surface area contributed by atoms with Crippen molar-refractivity contribution in [1.29, 1.82) is 0 Å². The number of rotatable bonds is 4. The highest BCUT2D eigenvalue weighted by Crippen LogP contribution is 2.27. The molecular formula is C14H18FNO2. The Bertz CT molecular complexity index is 443. The zero-order valence-corrected chi connectivity index (χ0v) is 10.5. The maximum absolute atomic E-state index is 13.6. The largest absolute Gasteiger partial charge is 0.508 e. The molecule has 0 aromatic heterocycles. The van der Waals surface area contributed by atoms with Crippen LogP contribution >= 0.6 is 0 Å². The topological polar surface area (TPSA) is 40.5 Å². The van der Waals surface area contributed by atoms with Crippen molar-refractivity contribution < 1.29 is 14.3 Å². The predicted octanol–water partition coefficient (Wildman–Crippen LogP) is 2.79. The summed E-state index contributed by atoms with van der Waals surface area (Å²) in [7, 11) is 0. The van der Waals surface area contributed by atoms with E-state index in [0.29, 0.717) is 19.0 Å². The molecule has 0 aliphatic heterocycles. The zero-order valence-electron chi connectivity index (χ0n) is 10.5. The van der Waals surface area contributed by atoms with Gasteiger partial charge in [0.2, 0.25) is 0 Å². The van der Waals surface area contributed by atoms with E-state index >= 15 is 0 Å². The first-order valence-corrected chi connectivity index (χ1v) is 6.39. The minimum absolute atomic E-state index is 0.0361. The van der Waals surface area contributed by atoms with Crippen molar-refractivity contribution in [2.24, 2.45) is 5.92 Å². The number of amides is 1. The van der Waals surface area contributed by atoms with Crippen LogP contribution in [0.15, 0.2) is 18.2 Å². The number of carbonyl (C=O) groups is 1. The highest BCUT2D eigenvalue weighted by atomic mass is 19.1. The Morgan fingerprint density at radius 1 is 1.50 bits per heavy atom. The van der Waals surface area contributed by atoms with E-state index in [2.05, 4.69) is 0 Å². The predicted molar refractivity (Wildman–Crippen MR) is 67.0 cm³/mol. The Hall–Kier alpha value is -1.58. The smallest absolute Gasteiger partial charge is 0.256 e. The SMILES string of the molecule is CCN(CC1CCC1)C(=O)c1ccc(O)cc1F. The molecule has 0 saturated heterocycles. The van der Waals surface area contributed by atoms with Crippen LogP contribution in [0.5, 0.6) is 5.75 Å². The van der Waals surface area contributed by atoms with Crippen molar-refractivity contribution in [2.75, 3.05) is 13.1 Å². The van der Waals surface area contributed by atoms with E-state index in [4.69, 9.17) is 5.11 Å².